The fraction of sp³-hybridized carbons (Fsp3) is 0.588. The fourth-order valence-electron chi connectivity index (χ4n) is 3.04. The average molecular weight is 309 g/mol. The van der Waals surface area contributed by atoms with Gasteiger partial charge in [-0.2, -0.15) is 0 Å². The van der Waals surface area contributed by atoms with Crippen LogP contribution in [0.1, 0.15) is 32.3 Å². The summed E-state index contributed by atoms with van der Waals surface area (Å²) in [7, 11) is 0. The molecule has 0 saturated carbocycles. The molecule has 0 aromatic heterocycles. The minimum Gasteiger partial charge on any atom is -0.343 e. The molecule has 1 saturated heterocycles. The van der Waals surface area contributed by atoms with Crippen LogP contribution < -0.4 is 0 Å². The molecule has 1 aliphatic rings. The summed E-state index contributed by atoms with van der Waals surface area (Å²) in [5.74, 6) is 0.478. The largest absolute Gasteiger partial charge is 0.343 e. The summed E-state index contributed by atoms with van der Waals surface area (Å²) in [6.07, 6.45) is 2.12. The molecule has 1 heterocycles. The maximum Gasteiger partial charge on any atom is 0.226 e. The van der Waals surface area contributed by atoms with E-state index in [2.05, 4.69) is 30.9 Å². The predicted molar refractivity (Wildman–Crippen MR) is 87.4 cm³/mol. The van der Waals surface area contributed by atoms with E-state index in [4.69, 9.17) is 11.6 Å². The highest BCUT2D eigenvalue weighted by Gasteiger charge is 2.28. The molecule has 1 unspecified atom stereocenters. The van der Waals surface area contributed by atoms with Crippen molar-refractivity contribution in [3.8, 4) is 0 Å². The van der Waals surface area contributed by atoms with Crippen LogP contribution in [0.15, 0.2) is 24.3 Å². The maximum absolute atomic E-state index is 12.5. The van der Waals surface area contributed by atoms with E-state index >= 15 is 0 Å². The second kappa shape index (κ2) is 7.81. The van der Waals surface area contributed by atoms with Crippen molar-refractivity contribution in [2.24, 2.45) is 5.92 Å². The Kier molecular flexibility index (Phi) is 6.07. The summed E-state index contributed by atoms with van der Waals surface area (Å²) in [4.78, 5) is 16.8. The van der Waals surface area contributed by atoms with E-state index in [0.29, 0.717) is 5.91 Å². The third-order valence-corrected chi connectivity index (χ3v) is 4.50. The normalized spacial score (nSPS) is 19.5. The number of likely N-dealkylation sites (tertiary alicyclic amines) is 1. The molecule has 0 N–H and O–H groups in total. The van der Waals surface area contributed by atoms with Crippen LogP contribution in [0.5, 0.6) is 0 Å². The highest BCUT2D eigenvalue weighted by molar-refractivity contribution is 6.30. The van der Waals surface area contributed by atoms with Gasteiger partial charge in [0.25, 0.3) is 0 Å². The number of benzene rings is 1. The molecule has 0 radical (unpaired) electrons. The van der Waals surface area contributed by atoms with Crippen LogP contribution in [0.2, 0.25) is 5.02 Å². The number of hydrogen-bond acceptors (Lipinski definition) is 2. The van der Waals surface area contributed by atoms with Gasteiger partial charge in [-0.25, -0.2) is 0 Å². The zero-order valence-electron chi connectivity index (χ0n) is 13.0. The summed E-state index contributed by atoms with van der Waals surface area (Å²) < 4.78 is 0. The summed E-state index contributed by atoms with van der Waals surface area (Å²) in [6, 6.07) is 8.00. The summed E-state index contributed by atoms with van der Waals surface area (Å²) >= 11 is 5.92. The Bertz CT molecular complexity index is 456. The Balaban J connectivity index is 1.94. The lowest BCUT2D eigenvalue weighted by Crippen LogP contribution is -2.44. The van der Waals surface area contributed by atoms with Crippen molar-refractivity contribution in [1.82, 2.24) is 9.80 Å². The molecule has 2 rings (SSSR count). The first-order valence-electron chi connectivity index (χ1n) is 7.89. The Morgan fingerprint density at radius 2 is 1.95 bits per heavy atom. The summed E-state index contributed by atoms with van der Waals surface area (Å²) in [5, 5.41) is 0.770. The first-order chi connectivity index (χ1) is 10.1. The summed E-state index contributed by atoms with van der Waals surface area (Å²) in [6.45, 7) is 8.57. The Labute approximate surface area is 132 Å². The van der Waals surface area contributed by atoms with Crippen molar-refractivity contribution in [1.29, 1.82) is 0 Å². The number of nitrogens with zero attached hydrogens (tertiary/aromatic N) is 2. The molecule has 116 valence electrons. The van der Waals surface area contributed by atoms with Gasteiger partial charge in [-0.15, -0.1) is 0 Å². The molecule has 0 bridgehead atoms. The first kappa shape index (κ1) is 16.3. The molecule has 1 atom stereocenters. The van der Waals surface area contributed by atoms with E-state index < -0.39 is 0 Å². The van der Waals surface area contributed by atoms with E-state index in [0.717, 1.165) is 50.6 Å². The zero-order chi connectivity index (χ0) is 15.2. The smallest absolute Gasteiger partial charge is 0.226 e. The van der Waals surface area contributed by atoms with E-state index in [1.54, 1.807) is 0 Å². The van der Waals surface area contributed by atoms with Crippen LogP contribution in [-0.4, -0.2) is 41.9 Å². The number of amides is 1. The van der Waals surface area contributed by atoms with E-state index in [-0.39, 0.29) is 5.92 Å². The minimum atomic E-state index is 0.158. The van der Waals surface area contributed by atoms with Gasteiger partial charge < -0.3 is 4.90 Å². The lowest BCUT2D eigenvalue weighted by Gasteiger charge is -2.34. The van der Waals surface area contributed by atoms with Gasteiger partial charge in [0.1, 0.15) is 0 Å². The van der Waals surface area contributed by atoms with Gasteiger partial charge in [0.05, 0.1) is 5.92 Å². The molecule has 1 fully saturated rings. The molecule has 0 aliphatic carbocycles. The number of rotatable bonds is 5. The SMILES string of the molecule is CCN(CC)C(=O)C1CCCN(Cc2ccc(Cl)cc2)C1. The van der Waals surface area contributed by atoms with Gasteiger partial charge in [0.15, 0.2) is 0 Å². The molecule has 1 aromatic carbocycles. The molecule has 21 heavy (non-hydrogen) atoms. The highest BCUT2D eigenvalue weighted by atomic mass is 35.5. The van der Waals surface area contributed by atoms with Gasteiger partial charge >= 0.3 is 0 Å². The van der Waals surface area contributed by atoms with Crippen molar-refractivity contribution in [3.63, 3.8) is 0 Å². The van der Waals surface area contributed by atoms with Crippen molar-refractivity contribution in [3.05, 3.63) is 34.9 Å². The molecule has 3 nitrogen and oxygen atoms in total. The second-order valence-corrected chi connectivity index (χ2v) is 6.15. The van der Waals surface area contributed by atoms with Crippen LogP contribution >= 0.6 is 11.6 Å². The zero-order valence-corrected chi connectivity index (χ0v) is 13.8. The average Bonchev–Trinajstić information content (AvgIpc) is 2.51. The Morgan fingerprint density at radius 3 is 2.57 bits per heavy atom. The molecule has 4 heteroatoms. The van der Waals surface area contributed by atoms with E-state index in [9.17, 15) is 4.79 Å². The van der Waals surface area contributed by atoms with Crippen molar-refractivity contribution in [2.45, 2.75) is 33.2 Å². The van der Waals surface area contributed by atoms with Gasteiger partial charge in [0, 0.05) is 31.2 Å². The quantitative estimate of drug-likeness (QED) is 0.832. The number of piperidine rings is 1. The molecule has 1 aliphatic heterocycles. The van der Waals surface area contributed by atoms with Crippen LogP contribution in [0.4, 0.5) is 0 Å². The molecule has 1 amide bonds. The second-order valence-electron chi connectivity index (χ2n) is 5.71. The van der Waals surface area contributed by atoms with Crippen molar-refractivity contribution in [2.75, 3.05) is 26.2 Å². The Morgan fingerprint density at radius 1 is 1.29 bits per heavy atom. The number of hydrogen-bond donors (Lipinski definition) is 0. The number of carbonyl (C=O) groups excluding carboxylic acids is 1. The molecule has 0 spiro atoms. The maximum atomic E-state index is 12.5. The van der Waals surface area contributed by atoms with Crippen LogP contribution in [-0.2, 0) is 11.3 Å². The standard InChI is InChI=1S/C17H25ClN2O/c1-3-20(4-2)17(21)15-6-5-11-19(13-15)12-14-7-9-16(18)10-8-14/h7-10,15H,3-6,11-13H2,1-2H3. The van der Waals surface area contributed by atoms with E-state index in [1.165, 1.54) is 5.56 Å². The lowest BCUT2D eigenvalue weighted by atomic mass is 9.96. The third-order valence-electron chi connectivity index (χ3n) is 4.25. The predicted octanol–water partition coefficient (Wildman–Crippen LogP) is 3.42. The monoisotopic (exact) mass is 308 g/mol. The lowest BCUT2D eigenvalue weighted by molar-refractivity contribution is -0.137. The van der Waals surface area contributed by atoms with Crippen molar-refractivity contribution < 1.29 is 4.79 Å². The minimum absolute atomic E-state index is 0.158. The number of halogens is 1. The van der Waals surface area contributed by atoms with Gasteiger partial charge in [-0.05, 0) is 50.9 Å². The molecular formula is C17H25ClN2O. The van der Waals surface area contributed by atoms with Gasteiger partial charge in [-0.3, -0.25) is 9.69 Å². The first-order valence-corrected chi connectivity index (χ1v) is 8.27. The molecular weight excluding hydrogens is 284 g/mol. The van der Waals surface area contributed by atoms with Crippen LogP contribution in [0, 0.1) is 5.92 Å². The van der Waals surface area contributed by atoms with Gasteiger partial charge in [-0.1, -0.05) is 23.7 Å². The highest BCUT2D eigenvalue weighted by Crippen LogP contribution is 2.21. The Hall–Kier alpha value is -1.06. The van der Waals surface area contributed by atoms with Gasteiger partial charge in [0.2, 0.25) is 5.91 Å². The van der Waals surface area contributed by atoms with Crippen LogP contribution in [0.25, 0.3) is 0 Å². The third kappa shape index (κ3) is 4.45. The fourth-order valence-corrected chi connectivity index (χ4v) is 3.17. The van der Waals surface area contributed by atoms with E-state index in [1.807, 2.05) is 17.0 Å². The molecule has 1 aromatic rings. The van der Waals surface area contributed by atoms with Crippen molar-refractivity contribution >= 4 is 17.5 Å². The summed E-state index contributed by atoms with van der Waals surface area (Å²) in [5.41, 5.74) is 1.26. The van der Waals surface area contributed by atoms with Crippen LogP contribution in [0.3, 0.4) is 0 Å². The topological polar surface area (TPSA) is 23.6 Å². The number of carbonyl (C=O) groups is 1.